The van der Waals surface area contributed by atoms with E-state index >= 15 is 0 Å². The highest BCUT2D eigenvalue weighted by Crippen LogP contribution is 2.37. The second kappa shape index (κ2) is 7.27. The number of hydrogen-bond acceptors (Lipinski definition) is 7. The number of fused-ring (bicyclic) bond motifs is 3. The van der Waals surface area contributed by atoms with Crippen molar-refractivity contribution in [1.82, 2.24) is 9.55 Å². The minimum Gasteiger partial charge on any atom is -0.378 e. The van der Waals surface area contributed by atoms with E-state index in [1.54, 1.807) is 13.3 Å². The third-order valence-corrected chi connectivity index (χ3v) is 6.20. The highest BCUT2D eigenvalue weighted by atomic mass is 32.1. The van der Waals surface area contributed by atoms with Gasteiger partial charge in [0, 0.05) is 38.1 Å². The number of aromatic nitrogens is 2. The average Bonchev–Trinajstić information content (AvgIpc) is 3.02. The van der Waals surface area contributed by atoms with Gasteiger partial charge in [-0.1, -0.05) is 12.1 Å². The highest BCUT2D eigenvalue weighted by Gasteiger charge is 2.31. The molecule has 0 bridgehead atoms. The van der Waals surface area contributed by atoms with Crippen LogP contribution in [-0.2, 0) is 24.8 Å². The molecule has 0 radical (unpaired) electrons. The van der Waals surface area contributed by atoms with Gasteiger partial charge in [0.1, 0.15) is 4.83 Å². The molecule has 0 aliphatic carbocycles. The summed E-state index contributed by atoms with van der Waals surface area (Å²) in [5.41, 5.74) is 5.75. The van der Waals surface area contributed by atoms with Crippen molar-refractivity contribution < 1.29 is 4.74 Å². The fraction of sp³-hybridized carbons (Fsp3) is 0.381. The normalized spacial score (nSPS) is 15.6. The number of rotatable bonds is 4. The van der Waals surface area contributed by atoms with Crippen LogP contribution in [0.1, 0.15) is 29.9 Å². The SMILES string of the molecule is CN(C)c1ccc(/C=N\Nc2nc3sc4c(c3c(=O)n2C)CC(C)(C)OC4)cc1. The number of benzene rings is 1. The van der Waals surface area contributed by atoms with Crippen molar-refractivity contribution >= 4 is 39.4 Å². The van der Waals surface area contributed by atoms with E-state index in [-0.39, 0.29) is 11.2 Å². The number of thiophene rings is 1. The molecule has 7 nitrogen and oxygen atoms in total. The number of hydrogen-bond donors (Lipinski definition) is 1. The van der Waals surface area contributed by atoms with Crippen molar-refractivity contribution in [2.45, 2.75) is 32.5 Å². The number of hydrazone groups is 1. The van der Waals surface area contributed by atoms with Crippen LogP contribution in [0.3, 0.4) is 0 Å². The Bertz CT molecular complexity index is 1140. The van der Waals surface area contributed by atoms with Gasteiger partial charge in [0.2, 0.25) is 5.95 Å². The Hall–Kier alpha value is -2.71. The monoisotopic (exact) mass is 411 g/mol. The maximum atomic E-state index is 13.0. The number of nitrogens with zero attached hydrogens (tertiary/aromatic N) is 4. The molecule has 2 aromatic heterocycles. The largest absolute Gasteiger partial charge is 0.378 e. The summed E-state index contributed by atoms with van der Waals surface area (Å²) in [5.74, 6) is 0.419. The predicted molar refractivity (Wildman–Crippen MR) is 119 cm³/mol. The Labute approximate surface area is 173 Å². The summed E-state index contributed by atoms with van der Waals surface area (Å²) in [5, 5.41) is 4.98. The van der Waals surface area contributed by atoms with Crippen molar-refractivity contribution in [3.05, 3.63) is 50.6 Å². The molecule has 152 valence electrons. The summed E-state index contributed by atoms with van der Waals surface area (Å²) in [6.45, 7) is 4.62. The number of anilines is 2. The third-order valence-electron chi connectivity index (χ3n) is 5.10. The summed E-state index contributed by atoms with van der Waals surface area (Å²) >= 11 is 1.53. The Morgan fingerprint density at radius 3 is 2.72 bits per heavy atom. The molecule has 8 heteroatoms. The van der Waals surface area contributed by atoms with Crippen LogP contribution in [0, 0.1) is 0 Å². The number of ether oxygens (including phenoxy) is 1. The van der Waals surface area contributed by atoms with Crippen molar-refractivity contribution in [3.63, 3.8) is 0 Å². The van der Waals surface area contributed by atoms with Gasteiger partial charge in [-0.3, -0.25) is 9.36 Å². The molecule has 0 amide bonds. The lowest BCUT2D eigenvalue weighted by Gasteiger charge is -2.29. The molecule has 3 heterocycles. The van der Waals surface area contributed by atoms with Gasteiger partial charge in [0.05, 0.1) is 23.8 Å². The van der Waals surface area contributed by atoms with Gasteiger partial charge in [-0.05, 0) is 37.1 Å². The Kier molecular flexibility index (Phi) is 4.92. The van der Waals surface area contributed by atoms with Crippen LogP contribution in [-0.4, -0.2) is 35.5 Å². The van der Waals surface area contributed by atoms with E-state index in [2.05, 4.69) is 15.5 Å². The first kappa shape index (κ1) is 19.6. The topological polar surface area (TPSA) is 71.8 Å². The first-order valence-electron chi connectivity index (χ1n) is 9.47. The van der Waals surface area contributed by atoms with E-state index in [0.717, 1.165) is 26.5 Å². The molecule has 29 heavy (non-hydrogen) atoms. The smallest absolute Gasteiger partial charge is 0.263 e. The second-order valence-corrected chi connectivity index (χ2v) is 9.15. The van der Waals surface area contributed by atoms with Gasteiger partial charge in [0.15, 0.2) is 0 Å². The van der Waals surface area contributed by atoms with Crippen LogP contribution < -0.4 is 15.9 Å². The zero-order chi connectivity index (χ0) is 20.8. The quantitative estimate of drug-likeness (QED) is 0.527. The van der Waals surface area contributed by atoms with Crippen LogP contribution in [0.4, 0.5) is 11.6 Å². The summed E-state index contributed by atoms with van der Waals surface area (Å²) in [6, 6.07) is 8.04. The van der Waals surface area contributed by atoms with Crippen LogP contribution >= 0.6 is 11.3 Å². The zero-order valence-corrected chi connectivity index (χ0v) is 18.1. The summed E-state index contributed by atoms with van der Waals surface area (Å²) in [4.78, 5) is 21.5. The molecule has 0 spiro atoms. The van der Waals surface area contributed by atoms with Crippen LogP contribution in [0.2, 0.25) is 0 Å². The van der Waals surface area contributed by atoms with E-state index in [1.165, 1.54) is 15.9 Å². The van der Waals surface area contributed by atoms with Gasteiger partial charge < -0.3 is 9.64 Å². The van der Waals surface area contributed by atoms with Gasteiger partial charge in [0.25, 0.3) is 5.56 Å². The fourth-order valence-corrected chi connectivity index (χ4v) is 4.49. The minimum atomic E-state index is -0.268. The lowest BCUT2D eigenvalue weighted by atomic mass is 9.94. The van der Waals surface area contributed by atoms with Gasteiger partial charge in [-0.25, -0.2) is 10.4 Å². The maximum Gasteiger partial charge on any atom is 0.263 e. The van der Waals surface area contributed by atoms with Crippen molar-refractivity contribution in [2.24, 2.45) is 12.1 Å². The van der Waals surface area contributed by atoms with E-state index in [9.17, 15) is 4.79 Å². The van der Waals surface area contributed by atoms with Crippen LogP contribution in [0.5, 0.6) is 0 Å². The van der Waals surface area contributed by atoms with Crippen LogP contribution in [0.25, 0.3) is 10.2 Å². The summed E-state index contributed by atoms with van der Waals surface area (Å²) in [7, 11) is 5.72. The van der Waals surface area contributed by atoms with E-state index < -0.39 is 0 Å². The van der Waals surface area contributed by atoms with Gasteiger partial charge in [-0.15, -0.1) is 11.3 Å². The highest BCUT2D eigenvalue weighted by molar-refractivity contribution is 7.18. The molecule has 0 unspecified atom stereocenters. The standard InChI is InChI=1S/C21H25N5O2S/c1-21(2)10-15-16(12-28-21)29-18-17(15)19(27)26(5)20(23-18)24-22-11-13-6-8-14(9-7-13)25(3)4/h6-9,11H,10,12H2,1-5H3,(H,23,24)/b22-11-. The second-order valence-electron chi connectivity index (χ2n) is 8.06. The van der Waals surface area contributed by atoms with Crippen molar-refractivity contribution in [1.29, 1.82) is 0 Å². The molecule has 4 rings (SSSR count). The zero-order valence-electron chi connectivity index (χ0n) is 17.3. The van der Waals surface area contributed by atoms with E-state index in [4.69, 9.17) is 4.74 Å². The summed E-state index contributed by atoms with van der Waals surface area (Å²) in [6.07, 6.45) is 2.43. The molecule has 0 atom stereocenters. The van der Waals surface area contributed by atoms with Crippen molar-refractivity contribution in [2.75, 3.05) is 24.4 Å². The molecule has 0 saturated heterocycles. The Balaban J connectivity index is 1.62. The molecule has 1 aliphatic heterocycles. The molecule has 1 aromatic carbocycles. The first-order valence-corrected chi connectivity index (χ1v) is 10.3. The van der Waals surface area contributed by atoms with E-state index in [0.29, 0.717) is 24.4 Å². The molecular weight excluding hydrogens is 386 g/mol. The predicted octanol–water partition coefficient (Wildman–Crippen LogP) is 3.36. The molecule has 1 aliphatic rings. The molecule has 3 aromatic rings. The Morgan fingerprint density at radius 1 is 1.31 bits per heavy atom. The lowest BCUT2D eigenvalue weighted by Crippen LogP contribution is -2.32. The van der Waals surface area contributed by atoms with E-state index in [1.807, 2.05) is 57.1 Å². The minimum absolute atomic E-state index is 0.0572. The lowest BCUT2D eigenvalue weighted by molar-refractivity contribution is -0.0379. The van der Waals surface area contributed by atoms with Crippen LogP contribution in [0.15, 0.2) is 34.2 Å². The Morgan fingerprint density at radius 2 is 2.03 bits per heavy atom. The van der Waals surface area contributed by atoms with Gasteiger partial charge >= 0.3 is 0 Å². The van der Waals surface area contributed by atoms with Crippen molar-refractivity contribution in [3.8, 4) is 0 Å². The molecule has 0 fully saturated rings. The average molecular weight is 412 g/mol. The third kappa shape index (κ3) is 3.77. The summed E-state index contributed by atoms with van der Waals surface area (Å²) < 4.78 is 7.41. The molecular formula is C21H25N5O2S. The first-order chi connectivity index (χ1) is 13.7. The number of nitrogens with one attached hydrogen (secondary N) is 1. The fourth-order valence-electron chi connectivity index (χ4n) is 3.40. The molecule has 0 saturated carbocycles. The molecule has 1 N–H and O–H groups in total. The van der Waals surface area contributed by atoms with Gasteiger partial charge in [-0.2, -0.15) is 5.10 Å². The maximum absolute atomic E-state index is 13.0.